The van der Waals surface area contributed by atoms with Gasteiger partial charge in [-0.15, -0.1) is 11.3 Å². The molecule has 5 rings (SSSR count). The van der Waals surface area contributed by atoms with E-state index in [1.807, 2.05) is 6.07 Å². The van der Waals surface area contributed by atoms with E-state index in [1.165, 1.54) is 16.2 Å². The lowest BCUT2D eigenvalue weighted by Crippen LogP contribution is -2.50. The van der Waals surface area contributed by atoms with Gasteiger partial charge in [0.05, 0.1) is 23.4 Å². The van der Waals surface area contributed by atoms with Crippen LogP contribution in [0.3, 0.4) is 0 Å². The number of benzene rings is 2. The zero-order valence-corrected chi connectivity index (χ0v) is 18.4. The summed E-state index contributed by atoms with van der Waals surface area (Å²) in [6.07, 6.45) is -0.595. The minimum Gasteiger partial charge on any atom is -0.359 e. The number of hydrogen-bond acceptors (Lipinski definition) is 6. The Morgan fingerprint density at radius 1 is 1.00 bits per heavy atom. The Morgan fingerprint density at radius 3 is 2.52 bits per heavy atom. The van der Waals surface area contributed by atoms with Gasteiger partial charge in [0.25, 0.3) is 11.8 Å². The smallest absolute Gasteiger partial charge is 0.260 e. The summed E-state index contributed by atoms with van der Waals surface area (Å²) < 4.78 is 0. The number of carbonyl (C=O) groups excluding carboxylic acids is 4. The second kappa shape index (κ2) is 8.14. The van der Waals surface area contributed by atoms with Crippen molar-refractivity contribution in [3.8, 4) is 0 Å². The maximum absolute atomic E-state index is 13.4. The molecule has 2 aromatic carbocycles. The predicted molar refractivity (Wildman–Crippen MR) is 122 cm³/mol. The van der Waals surface area contributed by atoms with E-state index in [4.69, 9.17) is 0 Å². The van der Waals surface area contributed by atoms with Gasteiger partial charge in [0.1, 0.15) is 12.7 Å². The van der Waals surface area contributed by atoms with Crippen LogP contribution in [0.2, 0.25) is 0 Å². The van der Waals surface area contributed by atoms with Crippen molar-refractivity contribution in [2.45, 2.75) is 12.6 Å². The average molecular weight is 462 g/mol. The highest BCUT2D eigenvalue weighted by Crippen LogP contribution is 2.44. The molecule has 0 spiro atoms. The first-order chi connectivity index (χ1) is 16.0. The number of fused-ring (bicyclic) bond motifs is 5. The van der Waals surface area contributed by atoms with E-state index < -0.39 is 12.1 Å². The second-order valence-electron chi connectivity index (χ2n) is 7.63. The summed E-state index contributed by atoms with van der Waals surface area (Å²) in [5, 5.41) is 7.26. The molecular formula is C23H19N5O4S. The molecule has 0 saturated carbocycles. The number of para-hydroxylation sites is 1. The molecule has 4 amide bonds. The topological polar surface area (TPSA) is 112 Å². The van der Waals surface area contributed by atoms with E-state index in [1.54, 1.807) is 59.8 Å². The van der Waals surface area contributed by atoms with Crippen LogP contribution < -0.4 is 15.5 Å². The Balaban J connectivity index is 1.43. The van der Waals surface area contributed by atoms with Crippen molar-refractivity contribution in [1.82, 2.24) is 15.2 Å². The van der Waals surface area contributed by atoms with Gasteiger partial charge in [-0.2, -0.15) is 0 Å². The van der Waals surface area contributed by atoms with E-state index >= 15 is 0 Å². The van der Waals surface area contributed by atoms with Crippen molar-refractivity contribution in [3.05, 3.63) is 76.3 Å². The van der Waals surface area contributed by atoms with Gasteiger partial charge in [-0.3, -0.25) is 24.1 Å². The van der Waals surface area contributed by atoms with Crippen molar-refractivity contribution in [1.29, 1.82) is 0 Å². The molecule has 2 aliphatic rings. The fourth-order valence-electron chi connectivity index (χ4n) is 4.15. The minimum atomic E-state index is -0.707. The van der Waals surface area contributed by atoms with Gasteiger partial charge in [-0.1, -0.05) is 30.3 Å². The van der Waals surface area contributed by atoms with Crippen LogP contribution in [0.5, 0.6) is 0 Å². The van der Waals surface area contributed by atoms with E-state index in [-0.39, 0.29) is 30.7 Å². The SMILES string of the molecule is CNC(=O)Cc1csc(NC(=O)CN2C(=O)c3ccccc3N3C(=O)c4ccccc4[C@H]23)n1. The Hall–Kier alpha value is -4.05. The van der Waals surface area contributed by atoms with E-state index in [0.29, 0.717) is 33.2 Å². The summed E-state index contributed by atoms with van der Waals surface area (Å²) in [4.78, 5) is 58.2. The second-order valence-corrected chi connectivity index (χ2v) is 8.49. The molecule has 0 fully saturated rings. The Labute approximate surface area is 193 Å². The van der Waals surface area contributed by atoms with Crippen LogP contribution >= 0.6 is 11.3 Å². The summed E-state index contributed by atoms with van der Waals surface area (Å²) in [7, 11) is 1.54. The number of nitrogens with one attached hydrogen (secondary N) is 2. The van der Waals surface area contributed by atoms with Crippen LogP contribution in [0.4, 0.5) is 10.8 Å². The van der Waals surface area contributed by atoms with Crippen molar-refractivity contribution in [2.24, 2.45) is 0 Å². The van der Waals surface area contributed by atoms with Gasteiger partial charge < -0.3 is 15.5 Å². The molecule has 1 aromatic heterocycles. The van der Waals surface area contributed by atoms with Gasteiger partial charge in [-0.05, 0) is 18.2 Å². The molecule has 9 nitrogen and oxygen atoms in total. The highest BCUT2D eigenvalue weighted by atomic mass is 32.1. The molecule has 2 N–H and O–H groups in total. The molecule has 0 unspecified atom stereocenters. The molecule has 0 saturated heterocycles. The third-order valence-corrected chi connectivity index (χ3v) is 6.42. The van der Waals surface area contributed by atoms with Gasteiger partial charge in [0.2, 0.25) is 11.8 Å². The quantitative estimate of drug-likeness (QED) is 0.605. The number of rotatable bonds is 5. The first-order valence-corrected chi connectivity index (χ1v) is 11.1. The fraction of sp³-hybridized carbons (Fsp3) is 0.174. The molecular weight excluding hydrogens is 442 g/mol. The fourth-order valence-corrected chi connectivity index (χ4v) is 4.87. The van der Waals surface area contributed by atoms with Gasteiger partial charge in [0.15, 0.2) is 5.13 Å². The standard InChI is InChI=1S/C23H19N5O4S/c1-24-18(29)10-13-12-33-23(25-13)26-19(30)11-27-20-14-6-2-3-7-15(14)22(32)28(20)17-9-5-4-8-16(17)21(27)31/h2-9,12,20H,10-11H2,1H3,(H,24,29)(H,25,26,30)/t20-/m1/s1. The highest BCUT2D eigenvalue weighted by Gasteiger charge is 2.48. The van der Waals surface area contributed by atoms with Crippen LogP contribution in [-0.4, -0.2) is 47.1 Å². The number of amides is 4. The molecule has 166 valence electrons. The molecule has 1 atom stereocenters. The normalized spacial score (nSPS) is 16.2. The zero-order chi connectivity index (χ0) is 23.1. The lowest BCUT2D eigenvalue weighted by atomic mass is 10.0. The highest BCUT2D eigenvalue weighted by molar-refractivity contribution is 7.13. The van der Waals surface area contributed by atoms with Crippen molar-refractivity contribution < 1.29 is 19.2 Å². The Morgan fingerprint density at radius 2 is 1.73 bits per heavy atom. The summed E-state index contributed by atoms with van der Waals surface area (Å²) in [6.45, 7) is -0.264. The third kappa shape index (κ3) is 3.54. The minimum absolute atomic E-state index is 0.111. The summed E-state index contributed by atoms with van der Waals surface area (Å²) in [5.41, 5.74) is 2.63. The Kier molecular flexibility index (Phi) is 5.14. The van der Waals surface area contributed by atoms with E-state index in [9.17, 15) is 19.2 Å². The molecule has 0 aliphatic carbocycles. The molecule has 0 bridgehead atoms. The number of carbonyl (C=O) groups is 4. The average Bonchev–Trinajstić information content (AvgIpc) is 3.38. The lowest BCUT2D eigenvalue weighted by molar-refractivity contribution is -0.120. The van der Waals surface area contributed by atoms with Crippen molar-refractivity contribution in [2.75, 3.05) is 23.8 Å². The van der Waals surface area contributed by atoms with Crippen molar-refractivity contribution in [3.63, 3.8) is 0 Å². The van der Waals surface area contributed by atoms with E-state index in [2.05, 4.69) is 15.6 Å². The molecule has 0 radical (unpaired) electrons. The van der Waals surface area contributed by atoms with Crippen LogP contribution in [-0.2, 0) is 16.0 Å². The Bertz CT molecular complexity index is 1300. The van der Waals surface area contributed by atoms with Crippen LogP contribution in [0, 0.1) is 0 Å². The van der Waals surface area contributed by atoms with Crippen LogP contribution in [0.1, 0.15) is 38.1 Å². The molecule has 10 heteroatoms. The first-order valence-electron chi connectivity index (χ1n) is 10.2. The molecule has 33 heavy (non-hydrogen) atoms. The van der Waals surface area contributed by atoms with Gasteiger partial charge in [-0.25, -0.2) is 4.98 Å². The number of thiazole rings is 1. The lowest BCUT2D eigenvalue weighted by Gasteiger charge is -2.40. The molecule has 3 aromatic rings. The largest absolute Gasteiger partial charge is 0.359 e. The number of anilines is 2. The molecule has 3 heterocycles. The molecule has 2 aliphatic heterocycles. The number of likely N-dealkylation sites (N-methyl/N-ethyl adjacent to an activating group) is 1. The maximum atomic E-state index is 13.4. The number of nitrogens with zero attached hydrogens (tertiary/aromatic N) is 3. The monoisotopic (exact) mass is 461 g/mol. The number of hydrogen-bond donors (Lipinski definition) is 2. The van der Waals surface area contributed by atoms with E-state index in [0.717, 1.165) is 0 Å². The maximum Gasteiger partial charge on any atom is 0.260 e. The summed E-state index contributed by atoms with van der Waals surface area (Å²) in [5.74, 6) is -1.16. The third-order valence-electron chi connectivity index (χ3n) is 5.62. The van der Waals surface area contributed by atoms with Crippen LogP contribution in [0.15, 0.2) is 53.9 Å². The van der Waals surface area contributed by atoms with Crippen molar-refractivity contribution >= 4 is 45.8 Å². The number of aromatic nitrogens is 1. The summed E-state index contributed by atoms with van der Waals surface area (Å²) >= 11 is 1.20. The predicted octanol–water partition coefficient (Wildman–Crippen LogP) is 2.19. The van der Waals surface area contributed by atoms with Crippen LogP contribution in [0.25, 0.3) is 0 Å². The van der Waals surface area contributed by atoms with Gasteiger partial charge in [0, 0.05) is 23.6 Å². The first kappa shape index (κ1) is 20.8. The van der Waals surface area contributed by atoms with Gasteiger partial charge >= 0.3 is 0 Å². The zero-order valence-electron chi connectivity index (χ0n) is 17.6. The summed E-state index contributed by atoms with van der Waals surface area (Å²) in [6, 6.07) is 14.0.